The van der Waals surface area contributed by atoms with E-state index in [4.69, 9.17) is 4.74 Å². The highest BCUT2D eigenvalue weighted by molar-refractivity contribution is 5.74. The van der Waals surface area contributed by atoms with Gasteiger partial charge in [0, 0.05) is 32.1 Å². The largest absolute Gasteiger partial charge is 0.492 e. The number of carbonyl (C=O) groups excluding carboxylic acids is 1. The van der Waals surface area contributed by atoms with Crippen molar-refractivity contribution in [3.05, 3.63) is 42.2 Å². The number of likely N-dealkylation sites (tertiary alicyclic amines) is 1. The lowest BCUT2D eigenvalue weighted by atomic mass is 9.97. The number of halogens is 1. The number of hydrogen-bond acceptors (Lipinski definition) is 4. The number of nitrogens with zero attached hydrogens (tertiary/aromatic N) is 4. The van der Waals surface area contributed by atoms with Crippen molar-refractivity contribution in [1.82, 2.24) is 25.0 Å². The first kappa shape index (κ1) is 17.2. The Morgan fingerprint density at radius 1 is 1.48 bits per heavy atom. The Bertz CT molecular complexity index is 721. The Morgan fingerprint density at radius 3 is 3.12 bits per heavy atom. The number of aryl methyl sites for hydroxylation is 1. The first-order valence-corrected chi connectivity index (χ1v) is 8.38. The van der Waals surface area contributed by atoms with Crippen molar-refractivity contribution in [3.63, 3.8) is 0 Å². The average Bonchev–Trinajstić information content (AvgIpc) is 3.05. The molecule has 2 heterocycles. The number of benzene rings is 1. The van der Waals surface area contributed by atoms with Gasteiger partial charge in [-0.1, -0.05) is 6.07 Å². The molecule has 1 aliphatic heterocycles. The summed E-state index contributed by atoms with van der Waals surface area (Å²) in [5, 5.41) is 10.9. The third-order valence-electron chi connectivity index (χ3n) is 4.26. The van der Waals surface area contributed by atoms with Gasteiger partial charge in [0.25, 0.3) is 0 Å². The molecule has 1 aromatic carbocycles. The lowest BCUT2D eigenvalue weighted by Gasteiger charge is -2.32. The molecule has 7 nitrogen and oxygen atoms in total. The van der Waals surface area contributed by atoms with Gasteiger partial charge in [0.05, 0.1) is 6.54 Å². The number of hydrogen-bond donors (Lipinski definition) is 1. The Kier molecular flexibility index (Phi) is 5.47. The average molecular weight is 347 g/mol. The minimum atomic E-state index is -0.343. The van der Waals surface area contributed by atoms with Crippen molar-refractivity contribution in [1.29, 1.82) is 0 Å². The van der Waals surface area contributed by atoms with Crippen LogP contribution in [-0.2, 0) is 7.05 Å². The molecule has 1 saturated heterocycles. The number of aromatic nitrogens is 3. The van der Waals surface area contributed by atoms with E-state index in [1.807, 2.05) is 11.6 Å². The van der Waals surface area contributed by atoms with Gasteiger partial charge in [-0.05, 0) is 25.0 Å². The van der Waals surface area contributed by atoms with Crippen molar-refractivity contribution in [2.75, 3.05) is 26.2 Å². The van der Waals surface area contributed by atoms with Crippen LogP contribution in [0.4, 0.5) is 9.18 Å². The summed E-state index contributed by atoms with van der Waals surface area (Å²) in [7, 11) is 1.91. The normalized spacial score (nSPS) is 17.4. The summed E-state index contributed by atoms with van der Waals surface area (Å²) in [6.07, 6.45) is 3.61. The second-order valence-electron chi connectivity index (χ2n) is 6.12. The topological polar surface area (TPSA) is 72.3 Å². The van der Waals surface area contributed by atoms with Gasteiger partial charge >= 0.3 is 6.03 Å². The molecule has 1 fully saturated rings. The van der Waals surface area contributed by atoms with E-state index in [1.165, 1.54) is 12.1 Å². The number of urea groups is 1. The predicted octanol–water partition coefficient (Wildman–Crippen LogP) is 1.92. The van der Waals surface area contributed by atoms with E-state index < -0.39 is 0 Å². The zero-order valence-electron chi connectivity index (χ0n) is 14.2. The molecule has 25 heavy (non-hydrogen) atoms. The Hall–Kier alpha value is -2.64. The van der Waals surface area contributed by atoms with Crippen LogP contribution in [0.25, 0.3) is 0 Å². The molecule has 2 aromatic rings. The van der Waals surface area contributed by atoms with Crippen molar-refractivity contribution < 1.29 is 13.9 Å². The molecular formula is C17H22FN5O2. The number of amides is 2. The molecule has 0 saturated carbocycles. The maximum absolute atomic E-state index is 13.1. The maximum atomic E-state index is 13.1. The van der Waals surface area contributed by atoms with Crippen molar-refractivity contribution >= 4 is 6.03 Å². The van der Waals surface area contributed by atoms with Gasteiger partial charge in [0.1, 0.15) is 30.3 Å². The zero-order valence-corrected chi connectivity index (χ0v) is 14.2. The molecule has 8 heteroatoms. The SMILES string of the molecule is Cn1cnnc1C1CCCN(C(=O)NCCOc2cccc(F)c2)C1. The van der Waals surface area contributed by atoms with Crippen LogP contribution >= 0.6 is 0 Å². The highest BCUT2D eigenvalue weighted by atomic mass is 19.1. The minimum absolute atomic E-state index is 0.116. The summed E-state index contributed by atoms with van der Waals surface area (Å²) in [6.45, 7) is 2.00. The summed E-state index contributed by atoms with van der Waals surface area (Å²) >= 11 is 0. The second-order valence-corrected chi connectivity index (χ2v) is 6.12. The van der Waals surface area contributed by atoms with Crippen LogP contribution < -0.4 is 10.1 Å². The summed E-state index contributed by atoms with van der Waals surface area (Å²) in [6, 6.07) is 5.83. The van der Waals surface area contributed by atoms with E-state index >= 15 is 0 Å². The minimum Gasteiger partial charge on any atom is -0.492 e. The van der Waals surface area contributed by atoms with E-state index in [-0.39, 0.29) is 24.4 Å². The molecule has 1 aromatic heterocycles. The molecule has 0 spiro atoms. The Morgan fingerprint density at radius 2 is 2.36 bits per heavy atom. The smallest absolute Gasteiger partial charge is 0.317 e. The van der Waals surface area contributed by atoms with E-state index in [9.17, 15) is 9.18 Å². The summed E-state index contributed by atoms with van der Waals surface area (Å²) in [5.74, 6) is 1.22. The van der Waals surface area contributed by atoms with E-state index in [0.717, 1.165) is 25.2 Å². The highest BCUT2D eigenvalue weighted by Crippen LogP contribution is 2.24. The number of rotatable bonds is 5. The van der Waals surface area contributed by atoms with Crippen LogP contribution in [-0.4, -0.2) is 51.9 Å². The number of nitrogens with one attached hydrogen (secondary N) is 1. The van der Waals surface area contributed by atoms with Crippen LogP contribution in [0.1, 0.15) is 24.6 Å². The molecule has 1 atom stereocenters. The monoisotopic (exact) mass is 347 g/mol. The first-order valence-electron chi connectivity index (χ1n) is 8.38. The van der Waals surface area contributed by atoms with Gasteiger partial charge < -0.3 is 19.5 Å². The third-order valence-corrected chi connectivity index (χ3v) is 4.26. The van der Waals surface area contributed by atoms with Gasteiger partial charge in [-0.15, -0.1) is 10.2 Å². The highest BCUT2D eigenvalue weighted by Gasteiger charge is 2.27. The molecule has 3 rings (SSSR count). The van der Waals surface area contributed by atoms with Gasteiger partial charge in [-0.2, -0.15) is 0 Å². The lowest BCUT2D eigenvalue weighted by Crippen LogP contribution is -2.46. The Balaban J connectivity index is 1.44. The van der Waals surface area contributed by atoms with Crippen LogP contribution in [0, 0.1) is 5.82 Å². The van der Waals surface area contributed by atoms with Gasteiger partial charge in [-0.3, -0.25) is 0 Å². The zero-order chi connectivity index (χ0) is 17.6. The second kappa shape index (κ2) is 7.96. The van der Waals surface area contributed by atoms with Crippen molar-refractivity contribution in [2.45, 2.75) is 18.8 Å². The molecular weight excluding hydrogens is 325 g/mol. The molecule has 0 aliphatic carbocycles. The first-order chi connectivity index (χ1) is 12.1. The molecule has 134 valence electrons. The number of carbonyl (C=O) groups is 1. The van der Waals surface area contributed by atoms with E-state index in [0.29, 0.717) is 18.8 Å². The standard InChI is InChI=1S/C17H22FN5O2/c1-22-12-20-21-16(22)13-4-3-8-23(11-13)17(24)19-7-9-25-15-6-2-5-14(18)10-15/h2,5-6,10,12-13H,3-4,7-9,11H2,1H3,(H,19,24). The van der Waals surface area contributed by atoms with Crippen molar-refractivity contribution in [3.8, 4) is 5.75 Å². The fourth-order valence-electron chi connectivity index (χ4n) is 3.03. The quantitative estimate of drug-likeness (QED) is 0.839. The Labute approximate surface area is 145 Å². The summed E-state index contributed by atoms with van der Waals surface area (Å²) in [5.41, 5.74) is 0. The fourth-order valence-corrected chi connectivity index (χ4v) is 3.03. The molecule has 0 radical (unpaired) electrons. The van der Waals surface area contributed by atoms with Gasteiger partial charge in [0.15, 0.2) is 0 Å². The molecule has 1 unspecified atom stereocenters. The van der Waals surface area contributed by atoms with Crippen LogP contribution in [0.15, 0.2) is 30.6 Å². The third kappa shape index (κ3) is 4.46. The molecule has 2 amide bonds. The van der Waals surface area contributed by atoms with E-state index in [2.05, 4.69) is 15.5 Å². The number of ether oxygens (including phenoxy) is 1. The van der Waals surface area contributed by atoms with Crippen LogP contribution in [0.2, 0.25) is 0 Å². The van der Waals surface area contributed by atoms with Gasteiger partial charge in [0.2, 0.25) is 0 Å². The number of piperidine rings is 1. The predicted molar refractivity (Wildman–Crippen MR) is 89.8 cm³/mol. The summed E-state index contributed by atoms with van der Waals surface area (Å²) in [4.78, 5) is 14.1. The van der Waals surface area contributed by atoms with E-state index in [1.54, 1.807) is 23.4 Å². The molecule has 1 aliphatic rings. The molecule has 0 bridgehead atoms. The summed E-state index contributed by atoms with van der Waals surface area (Å²) < 4.78 is 20.4. The maximum Gasteiger partial charge on any atom is 0.317 e. The lowest BCUT2D eigenvalue weighted by molar-refractivity contribution is 0.175. The fraction of sp³-hybridized carbons (Fsp3) is 0.471. The van der Waals surface area contributed by atoms with Crippen molar-refractivity contribution in [2.24, 2.45) is 7.05 Å². The van der Waals surface area contributed by atoms with Crippen LogP contribution in [0.5, 0.6) is 5.75 Å². The van der Waals surface area contributed by atoms with Gasteiger partial charge in [-0.25, -0.2) is 9.18 Å². The van der Waals surface area contributed by atoms with Crippen LogP contribution in [0.3, 0.4) is 0 Å². The molecule has 1 N–H and O–H groups in total.